The lowest BCUT2D eigenvalue weighted by Gasteiger charge is -2.08. The van der Waals surface area contributed by atoms with Gasteiger partial charge >= 0.3 is 5.97 Å². The van der Waals surface area contributed by atoms with Crippen LogP contribution >= 0.6 is 0 Å². The maximum atomic E-state index is 10.6. The van der Waals surface area contributed by atoms with Gasteiger partial charge in [-0.1, -0.05) is 0 Å². The van der Waals surface area contributed by atoms with E-state index in [1.807, 2.05) is 0 Å². The predicted octanol–water partition coefficient (Wildman–Crippen LogP) is -0.830. The van der Waals surface area contributed by atoms with E-state index in [2.05, 4.69) is 5.32 Å². The first kappa shape index (κ1) is 6.95. The Bertz CT molecular complexity index is 207. The van der Waals surface area contributed by atoms with Crippen LogP contribution in [0.5, 0.6) is 0 Å². The van der Waals surface area contributed by atoms with E-state index in [1.54, 1.807) is 0 Å². The first-order valence-corrected chi connectivity index (χ1v) is 2.87. The zero-order valence-electron chi connectivity index (χ0n) is 5.26. The molecule has 4 nitrogen and oxygen atoms in total. The van der Waals surface area contributed by atoms with Crippen molar-refractivity contribution in [2.75, 3.05) is 13.1 Å². The molecule has 0 aromatic heterocycles. The molecular weight excluding hydrogens is 134 g/mol. The fourth-order valence-corrected chi connectivity index (χ4v) is 0.754. The molecule has 0 saturated carbocycles. The third-order valence-corrected chi connectivity index (χ3v) is 1.22. The molecular formula is C6H7NO3. The monoisotopic (exact) mass is 141 g/mol. The van der Waals surface area contributed by atoms with Gasteiger partial charge in [-0.2, -0.15) is 0 Å². The normalized spacial score (nSPS) is 18.4. The summed E-state index contributed by atoms with van der Waals surface area (Å²) < 4.78 is 0. The molecule has 0 radical (unpaired) electrons. The molecule has 54 valence electrons. The van der Waals surface area contributed by atoms with E-state index < -0.39 is 5.97 Å². The Morgan fingerprint density at radius 3 is 2.70 bits per heavy atom. The summed E-state index contributed by atoms with van der Waals surface area (Å²) in [4.78, 5) is 20.8. The van der Waals surface area contributed by atoms with E-state index in [0.717, 1.165) is 0 Å². The molecule has 1 rings (SSSR count). The maximum absolute atomic E-state index is 10.6. The highest BCUT2D eigenvalue weighted by molar-refractivity contribution is 6.01. The van der Waals surface area contributed by atoms with Crippen LogP contribution in [0.15, 0.2) is 11.6 Å². The number of carbonyl (C=O) groups excluding carboxylic acids is 1. The van der Waals surface area contributed by atoms with Crippen molar-refractivity contribution < 1.29 is 14.7 Å². The molecule has 0 aromatic carbocycles. The summed E-state index contributed by atoms with van der Waals surface area (Å²) in [6.07, 6.45) is 1.17. The predicted molar refractivity (Wildman–Crippen MR) is 33.6 cm³/mol. The number of carboxylic acids is 1. The second kappa shape index (κ2) is 2.62. The molecule has 0 aliphatic carbocycles. The standard InChI is InChI=1S/C6H7NO3/c8-5-1-4(6(9)10)2-7-3-5/h1,7H,2-3H2,(H,9,10). The summed E-state index contributed by atoms with van der Waals surface area (Å²) in [5, 5.41) is 11.1. The van der Waals surface area contributed by atoms with Crippen LogP contribution in [0.2, 0.25) is 0 Å². The van der Waals surface area contributed by atoms with Gasteiger partial charge in [0, 0.05) is 6.54 Å². The van der Waals surface area contributed by atoms with E-state index in [1.165, 1.54) is 6.08 Å². The molecule has 1 aliphatic heterocycles. The molecule has 0 saturated heterocycles. The van der Waals surface area contributed by atoms with Gasteiger partial charge in [0.05, 0.1) is 12.1 Å². The number of hydrogen-bond acceptors (Lipinski definition) is 3. The van der Waals surface area contributed by atoms with Crippen LogP contribution in [-0.4, -0.2) is 29.9 Å². The lowest BCUT2D eigenvalue weighted by molar-refractivity contribution is -0.133. The fraction of sp³-hybridized carbons (Fsp3) is 0.333. The molecule has 0 bridgehead atoms. The van der Waals surface area contributed by atoms with Crippen LogP contribution in [0.1, 0.15) is 0 Å². The van der Waals surface area contributed by atoms with Crippen molar-refractivity contribution in [3.05, 3.63) is 11.6 Å². The third kappa shape index (κ3) is 1.41. The van der Waals surface area contributed by atoms with Crippen molar-refractivity contribution in [1.29, 1.82) is 0 Å². The number of nitrogens with one attached hydrogen (secondary N) is 1. The van der Waals surface area contributed by atoms with Gasteiger partial charge in [-0.05, 0) is 6.08 Å². The van der Waals surface area contributed by atoms with Gasteiger partial charge in [0.2, 0.25) is 0 Å². The Morgan fingerprint density at radius 1 is 1.60 bits per heavy atom. The molecule has 0 unspecified atom stereocenters. The van der Waals surface area contributed by atoms with Crippen LogP contribution in [0, 0.1) is 0 Å². The largest absolute Gasteiger partial charge is 0.478 e. The van der Waals surface area contributed by atoms with Crippen LogP contribution in [-0.2, 0) is 9.59 Å². The molecule has 0 amide bonds. The van der Waals surface area contributed by atoms with Crippen molar-refractivity contribution in [3.8, 4) is 0 Å². The molecule has 4 heteroatoms. The van der Waals surface area contributed by atoms with E-state index in [4.69, 9.17) is 5.11 Å². The van der Waals surface area contributed by atoms with Crippen LogP contribution < -0.4 is 5.32 Å². The van der Waals surface area contributed by atoms with Gasteiger partial charge in [-0.25, -0.2) is 4.79 Å². The van der Waals surface area contributed by atoms with Crippen molar-refractivity contribution in [2.24, 2.45) is 0 Å². The number of ketones is 1. The van der Waals surface area contributed by atoms with Crippen molar-refractivity contribution in [2.45, 2.75) is 0 Å². The maximum Gasteiger partial charge on any atom is 0.333 e. The Morgan fingerprint density at radius 2 is 2.30 bits per heavy atom. The van der Waals surface area contributed by atoms with E-state index in [0.29, 0.717) is 0 Å². The summed E-state index contributed by atoms with van der Waals surface area (Å²) in [6, 6.07) is 0. The first-order valence-electron chi connectivity index (χ1n) is 2.87. The van der Waals surface area contributed by atoms with Crippen LogP contribution in [0.25, 0.3) is 0 Å². The smallest absolute Gasteiger partial charge is 0.333 e. The topological polar surface area (TPSA) is 66.4 Å². The second-order valence-electron chi connectivity index (χ2n) is 2.04. The summed E-state index contributed by atoms with van der Waals surface area (Å²) in [7, 11) is 0. The number of aliphatic carboxylic acids is 1. The van der Waals surface area contributed by atoms with Crippen molar-refractivity contribution in [1.82, 2.24) is 5.32 Å². The molecule has 0 aromatic rings. The Balaban J connectivity index is 2.75. The highest BCUT2D eigenvalue weighted by Crippen LogP contribution is 1.97. The van der Waals surface area contributed by atoms with E-state index in [9.17, 15) is 9.59 Å². The lowest BCUT2D eigenvalue weighted by Crippen LogP contribution is -2.31. The van der Waals surface area contributed by atoms with Gasteiger partial charge in [-0.3, -0.25) is 4.79 Å². The zero-order chi connectivity index (χ0) is 7.56. The molecule has 2 N–H and O–H groups in total. The fourth-order valence-electron chi connectivity index (χ4n) is 0.754. The Kier molecular flexibility index (Phi) is 1.82. The van der Waals surface area contributed by atoms with Crippen molar-refractivity contribution in [3.63, 3.8) is 0 Å². The first-order chi connectivity index (χ1) is 4.70. The number of carboxylic acid groups (broad SMARTS) is 1. The highest BCUT2D eigenvalue weighted by atomic mass is 16.4. The third-order valence-electron chi connectivity index (χ3n) is 1.22. The highest BCUT2D eigenvalue weighted by Gasteiger charge is 2.13. The summed E-state index contributed by atoms with van der Waals surface area (Å²) in [5.41, 5.74) is 0.135. The number of rotatable bonds is 1. The Labute approximate surface area is 57.5 Å². The molecule has 1 aliphatic rings. The molecule has 1 heterocycles. The summed E-state index contributed by atoms with van der Waals surface area (Å²) in [5.74, 6) is -1.20. The van der Waals surface area contributed by atoms with E-state index >= 15 is 0 Å². The van der Waals surface area contributed by atoms with Gasteiger partial charge in [0.25, 0.3) is 0 Å². The minimum Gasteiger partial charge on any atom is -0.478 e. The number of hydrogen-bond donors (Lipinski definition) is 2. The van der Waals surface area contributed by atoms with Crippen LogP contribution in [0.4, 0.5) is 0 Å². The molecule has 0 atom stereocenters. The minimum absolute atomic E-state index is 0.135. The van der Waals surface area contributed by atoms with Gasteiger partial charge < -0.3 is 10.4 Å². The Hall–Kier alpha value is -1.16. The van der Waals surface area contributed by atoms with Crippen LogP contribution in [0.3, 0.4) is 0 Å². The average molecular weight is 141 g/mol. The summed E-state index contributed by atoms with van der Waals surface area (Å²) in [6.45, 7) is 0.526. The zero-order valence-corrected chi connectivity index (χ0v) is 5.26. The minimum atomic E-state index is -1.03. The quantitative estimate of drug-likeness (QED) is 0.500. The number of carbonyl (C=O) groups is 2. The average Bonchev–Trinajstić information content (AvgIpc) is 1.88. The second-order valence-corrected chi connectivity index (χ2v) is 2.04. The molecule has 10 heavy (non-hydrogen) atoms. The summed E-state index contributed by atoms with van der Waals surface area (Å²) >= 11 is 0. The van der Waals surface area contributed by atoms with Gasteiger partial charge in [-0.15, -0.1) is 0 Å². The van der Waals surface area contributed by atoms with E-state index in [-0.39, 0.29) is 24.4 Å². The lowest BCUT2D eigenvalue weighted by atomic mass is 10.1. The van der Waals surface area contributed by atoms with Gasteiger partial charge in [0.15, 0.2) is 5.78 Å². The SMILES string of the molecule is O=C1C=C(C(=O)O)CNC1. The molecule has 0 spiro atoms. The molecule has 0 fully saturated rings. The van der Waals surface area contributed by atoms with Gasteiger partial charge in [0.1, 0.15) is 0 Å². The van der Waals surface area contributed by atoms with Crippen molar-refractivity contribution >= 4 is 11.8 Å².